The van der Waals surface area contributed by atoms with Crippen molar-refractivity contribution in [3.05, 3.63) is 48.5 Å². The Labute approximate surface area is 167 Å². The van der Waals surface area contributed by atoms with Gasteiger partial charge in [-0.1, -0.05) is 6.07 Å². The van der Waals surface area contributed by atoms with E-state index in [0.717, 1.165) is 76.4 Å². The maximum Gasteiger partial charge on any atom is 0.225 e. The van der Waals surface area contributed by atoms with Crippen LogP contribution in [0.15, 0.2) is 47.8 Å². The minimum Gasteiger partial charge on any atom is -0.357 e. The molecule has 8 nitrogen and oxygen atoms in total. The molecule has 150 valence electrons. The third-order valence-electron chi connectivity index (χ3n) is 4.64. The Hall–Kier alpha value is -2.74. The fourth-order valence-electron chi connectivity index (χ4n) is 3.13. The minimum absolute atomic E-state index is 0.779. The maximum atomic E-state index is 4.71. The second-order valence-electron chi connectivity index (χ2n) is 6.64. The van der Waals surface area contributed by atoms with Crippen molar-refractivity contribution in [1.29, 1.82) is 0 Å². The van der Waals surface area contributed by atoms with Crippen molar-refractivity contribution in [3.63, 3.8) is 0 Å². The Morgan fingerprint density at radius 2 is 1.79 bits per heavy atom. The molecule has 1 aliphatic heterocycles. The highest BCUT2D eigenvalue weighted by Gasteiger charge is 2.18. The minimum atomic E-state index is 0.779. The smallest absolute Gasteiger partial charge is 0.225 e. The summed E-state index contributed by atoms with van der Waals surface area (Å²) in [7, 11) is 0. The number of guanidine groups is 1. The summed E-state index contributed by atoms with van der Waals surface area (Å²) in [6, 6.07) is 7.86. The van der Waals surface area contributed by atoms with Gasteiger partial charge in [-0.2, -0.15) is 0 Å². The first-order chi connectivity index (χ1) is 13.8. The molecule has 28 heavy (non-hydrogen) atoms. The fourth-order valence-corrected chi connectivity index (χ4v) is 3.13. The third kappa shape index (κ3) is 6.45. The molecule has 0 saturated carbocycles. The van der Waals surface area contributed by atoms with Gasteiger partial charge in [-0.3, -0.25) is 14.9 Å². The quantitative estimate of drug-likeness (QED) is 0.516. The van der Waals surface area contributed by atoms with Crippen LogP contribution in [0.4, 0.5) is 5.95 Å². The summed E-state index contributed by atoms with van der Waals surface area (Å²) < 4.78 is 0. The van der Waals surface area contributed by atoms with E-state index < -0.39 is 0 Å². The van der Waals surface area contributed by atoms with Crippen LogP contribution in [0, 0.1) is 0 Å². The molecule has 0 bridgehead atoms. The van der Waals surface area contributed by atoms with Crippen molar-refractivity contribution >= 4 is 11.9 Å². The van der Waals surface area contributed by atoms with Gasteiger partial charge < -0.3 is 15.5 Å². The summed E-state index contributed by atoms with van der Waals surface area (Å²) in [5.41, 5.74) is 1.09. The van der Waals surface area contributed by atoms with E-state index in [4.69, 9.17) is 4.99 Å². The summed E-state index contributed by atoms with van der Waals surface area (Å²) >= 11 is 0. The van der Waals surface area contributed by atoms with Gasteiger partial charge in [0.05, 0.1) is 6.54 Å². The molecule has 8 heteroatoms. The normalized spacial score (nSPS) is 15.5. The first kappa shape index (κ1) is 20.0. The molecule has 2 aromatic rings. The topological polar surface area (TPSA) is 81.6 Å². The monoisotopic (exact) mass is 382 g/mol. The Bertz CT molecular complexity index is 699. The van der Waals surface area contributed by atoms with E-state index in [1.807, 2.05) is 30.5 Å². The van der Waals surface area contributed by atoms with E-state index in [2.05, 4.69) is 42.3 Å². The average Bonchev–Trinajstić information content (AvgIpc) is 2.76. The second-order valence-corrected chi connectivity index (χ2v) is 6.64. The highest BCUT2D eigenvalue weighted by atomic mass is 15.3. The van der Waals surface area contributed by atoms with Gasteiger partial charge in [0.2, 0.25) is 5.95 Å². The number of hydrogen-bond acceptors (Lipinski definition) is 6. The standard InChI is InChI=1S/C20H30N8/c1-2-21-19(23-11-7-18-6-3-4-8-22-18)24-12-13-27-14-16-28(17-15-27)20-25-9-5-10-26-20/h3-6,8-10H,2,7,11-17H2,1H3,(H2,21,23,24). The number of nitrogens with zero attached hydrogens (tertiary/aromatic N) is 6. The van der Waals surface area contributed by atoms with Crippen LogP contribution >= 0.6 is 0 Å². The molecule has 0 radical (unpaired) electrons. The Kier molecular flexibility index (Phi) is 7.99. The Morgan fingerprint density at radius 1 is 1.00 bits per heavy atom. The lowest BCUT2D eigenvalue weighted by atomic mass is 10.3. The van der Waals surface area contributed by atoms with Crippen LogP contribution in [-0.4, -0.2) is 78.2 Å². The zero-order valence-electron chi connectivity index (χ0n) is 16.6. The predicted molar refractivity (Wildman–Crippen MR) is 113 cm³/mol. The van der Waals surface area contributed by atoms with Crippen LogP contribution in [0.25, 0.3) is 0 Å². The van der Waals surface area contributed by atoms with Crippen molar-refractivity contribution in [1.82, 2.24) is 30.5 Å². The van der Waals surface area contributed by atoms with Crippen LogP contribution in [0.5, 0.6) is 0 Å². The number of piperazine rings is 1. The van der Waals surface area contributed by atoms with Gasteiger partial charge in [-0.05, 0) is 25.1 Å². The summed E-state index contributed by atoms with van der Waals surface area (Å²) in [5, 5.41) is 6.70. The Morgan fingerprint density at radius 3 is 2.50 bits per heavy atom. The van der Waals surface area contributed by atoms with Crippen molar-refractivity contribution in [2.75, 3.05) is 57.3 Å². The first-order valence-electron chi connectivity index (χ1n) is 10.0. The molecule has 3 rings (SSSR count). The number of anilines is 1. The lowest BCUT2D eigenvalue weighted by Crippen LogP contribution is -2.47. The zero-order chi connectivity index (χ0) is 19.4. The van der Waals surface area contributed by atoms with Gasteiger partial charge in [0.25, 0.3) is 0 Å². The summed E-state index contributed by atoms with van der Waals surface area (Å²) in [6.45, 7) is 9.42. The first-order valence-corrected chi connectivity index (χ1v) is 10.0. The summed E-state index contributed by atoms with van der Waals surface area (Å²) in [5.74, 6) is 1.70. The lowest BCUT2D eigenvalue weighted by molar-refractivity contribution is 0.263. The highest BCUT2D eigenvalue weighted by molar-refractivity contribution is 5.79. The van der Waals surface area contributed by atoms with E-state index in [-0.39, 0.29) is 0 Å². The van der Waals surface area contributed by atoms with E-state index >= 15 is 0 Å². The zero-order valence-corrected chi connectivity index (χ0v) is 16.6. The number of hydrogen-bond donors (Lipinski definition) is 2. The molecule has 3 heterocycles. The van der Waals surface area contributed by atoms with Crippen molar-refractivity contribution < 1.29 is 0 Å². The van der Waals surface area contributed by atoms with Gasteiger partial charge in [-0.15, -0.1) is 0 Å². The van der Waals surface area contributed by atoms with Gasteiger partial charge in [0.1, 0.15) is 0 Å². The molecule has 1 aliphatic rings. The molecule has 2 aromatic heterocycles. The number of aliphatic imine (C=N–C) groups is 1. The molecule has 0 spiro atoms. The summed E-state index contributed by atoms with van der Waals surface area (Å²) in [4.78, 5) is 22.4. The van der Waals surface area contributed by atoms with Gasteiger partial charge >= 0.3 is 0 Å². The molecular weight excluding hydrogens is 352 g/mol. The van der Waals surface area contributed by atoms with Crippen molar-refractivity contribution in [3.8, 4) is 0 Å². The SMILES string of the molecule is CCNC(=NCCN1CCN(c2ncccn2)CC1)NCCc1ccccn1. The molecule has 0 amide bonds. The maximum absolute atomic E-state index is 4.71. The molecule has 1 saturated heterocycles. The van der Waals surface area contributed by atoms with Gasteiger partial charge in [-0.25, -0.2) is 9.97 Å². The molecule has 0 unspecified atom stereocenters. The Balaban J connectivity index is 1.38. The van der Waals surface area contributed by atoms with Crippen LogP contribution in [0.1, 0.15) is 12.6 Å². The van der Waals surface area contributed by atoms with E-state index in [0.29, 0.717) is 0 Å². The van der Waals surface area contributed by atoms with Crippen molar-refractivity contribution in [2.24, 2.45) is 4.99 Å². The molecule has 2 N–H and O–H groups in total. The van der Waals surface area contributed by atoms with Crippen LogP contribution < -0.4 is 15.5 Å². The van der Waals surface area contributed by atoms with Crippen LogP contribution in [-0.2, 0) is 6.42 Å². The average molecular weight is 383 g/mol. The van der Waals surface area contributed by atoms with Crippen LogP contribution in [0.2, 0.25) is 0 Å². The predicted octanol–water partition coefficient (Wildman–Crippen LogP) is 0.791. The lowest BCUT2D eigenvalue weighted by Gasteiger charge is -2.34. The number of nitrogens with one attached hydrogen (secondary N) is 2. The molecule has 1 fully saturated rings. The number of aromatic nitrogens is 3. The molecule has 0 aromatic carbocycles. The highest BCUT2D eigenvalue weighted by Crippen LogP contribution is 2.09. The van der Waals surface area contributed by atoms with E-state index in [1.165, 1.54) is 0 Å². The van der Waals surface area contributed by atoms with Crippen molar-refractivity contribution in [2.45, 2.75) is 13.3 Å². The van der Waals surface area contributed by atoms with E-state index in [1.54, 1.807) is 12.4 Å². The number of pyridine rings is 1. The molecular formula is C20H30N8. The number of rotatable bonds is 8. The molecule has 0 aliphatic carbocycles. The van der Waals surface area contributed by atoms with Gasteiger partial charge in [0.15, 0.2) is 5.96 Å². The van der Waals surface area contributed by atoms with Gasteiger partial charge in [0, 0.05) is 76.5 Å². The van der Waals surface area contributed by atoms with E-state index in [9.17, 15) is 0 Å². The fraction of sp³-hybridized carbons (Fsp3) is 0.500. The molecule has 0 atom stereocenters. The third-order valence-corrected chi connectivity index (χ3v) is 4.64. The second kappa shape index (κ2) is 11.2. The largest absolute Gasteiger partial charge is 0.357 e. The summed E-state index contributed by atoms with van der Waals surface area (Å²) in [6.07, 6.45) is 6.31. The van der Waals surface area contributed by atoms with Crippen LogP contribution in [0.3, 0.4) is 0 Å².